The Bertz CT molecular complexity index is 359. The SMILES string of the molecule is Cc1ccc(CN2CC(C)NCC2C(C)C)s1. The molecular weight excluding hydrogens is 228 g/mol. The molecule has 0 bridgehead atoms. The van der Waals surface area contributed by atoms with Crippen LogP contribution in [0, 0.1) is 12.8 Å². The molecule has 0 aliphatic carbocycles. The third kappa shape index (κ3) is 3.30. The summed E-state index contributed by atoms with van der Waals surface area (Å²) in [6.07, 6.45) is 0. The molecule has 1 fully saturated rings. The molecule has 1 aromatic heterocycles. The lowest BCUT2D eigenvalue weighted by molar-refractivity contribution is 0.0966. The van der Waals surface area contributed by atoms with Gasteiger partial charge in [0.15, 0.2) is 0 Å². The Morgan fingerprint density at radius 2 is 2.24 bits per heavy atom. The van der Waals surface area contributed by atoms with Crippen LogP contribution in [0.3, 0.4) is 0 Å². The molecule has 0 spiro atoms. The summed E-state index contributed by atoms with van der Waals surface area (Å²) >= 11 is 1.93. The Kier molecular flexibility index (Phi) is 4.23. The second kappa shape index (κ2) is 5.51. The Hall–Kier alpha value is -0.380. The third-order valence-corrected chi connectivity index (χ3v) is 4.56. The van der Waals surface area contributed by atoms with E-state index in [4.69, 9.17) is 0 Å². The second-order valence-electron chi connectivity index (χ2n) is 5.56. The average molecular weight is 252 g/mol. The number of piperazine rings is 1. The molecule has 2 rings (SSSR count). The molecule has 1 N–H and O–H groups in total. The topological polar surface area (TPSA) is 15.3 Å². The maximum Gasteiger partial charge on any atom is 0.0332 e. The minimum Gasteiger partial charge on any atom is -0.311 e. The van der Waals surface area contributed by atoms with Crippen LogP contribution in [0.15, 0.2) is 12.1 Å². The number of aryl methyl sites for hydroxylation is 1. The summed E-state index contributed by atoms with van der Waals surface area (Å²) in [5.74, 6) is 0.719. The molecule has 1 aromatic rings. The summed E-state index contributed by atoms with van der Waals surface area (Å²) in [7, 11) is 0. The van der Waals surface area contributed by atoms with Crippen LogP contribution in [0.4, 0.5) is 0 Å². The van der Waals surface area contributed by atoms with Gasteiger partial charge in [0, 0.05) is 41.5 Å². The van der Waals surface area contributed by atoms with E-state index in [0.717, 1.165) is 19.0 Å². The van der Waals surface area contributed by atoms with Crippen molar-refractivity contribution in [2.45, 2.75) is 46.3 Å². The van der Waals surface area contributed by atoms with Crippen LogP contribution in [-0.2, 0) is 6.54 Å². The Balaban J connectivity index is 2.04. The van der Waals surface area contributed by atoms with Gasteiger partial charge in [-0.15, -0.1) is 11.3 Å². The lowest BCUT2D eigenvalue weighted by Crippen LogP contribution is -2.56. The fraction of sp³-hybridized carbons (Fsp3) is 0.714. The zero-order chi connectivity index (χ0) is 12.4. The molecule has 17 heavy (non-hydrogen) atoms. The standard InChI is InChI=1S/C14H24N2S/c1-10(2)14-7-15-11(3)8-16(14)9-13-6-5-12(4)17-13/h5-6,10-11,14-15H,7-9H2,1-4H3. The zero-order valence-corrected chi connectivity index (χ0v) is 12.2. The van der Waals surface area contributed by atoms with Gasteiger partial charge in [-0.3, -0.25) is 4.90 Å². The first kappa shape index (κ1) is 13.1. The van der Waals surface area contributed by atoms with Crippen LogP contribution in [0.25, 0.3) is 0 Å². The molecule has 0 aromatic carbocycles. The molecule has 0 saturated carbocycles. The molecule has 2 unspecified atom stereocenters. The average Bonchev–Trinajstić information content (AvgIpc) is 2.63. The highest BCUT2D eigenvalue weighted by Crippen LogP contribution is 2.22. The molecule has 96 valence electrons. The number of nitrogens with one attached hydrogen (secondary N) is 1. The van der Waals surface area contributed by atoms with Crippen LogP contribution in [-0.4, -0.2) is 30.1 Å². The van der Waals surface area contributed by atoms with Crippen molar-refractivity contribution in [3.05, 3.63) is 21.9 Å². The molecule has 1 aliphatic rings. The zero-order valence-electron chi connectivity index (χ0n) is 11.4. The summed E-state index contributed by atoms with van der Waals surface area (Å²) in [6.45, 7) is 12.5. The van der Waals surface area contributed by atoms with Gasteiger partial charge in [0.25, 0.3) is 0 Å². The fourth-order valence-corrected chi connectivity index (χ4v) is 3.53. The predicted molar refractivity (Wildman–Crippen MR) is 75.6 cm³/mol. The van der Waals surface area contributed by atoms with Gasteiger partial charge in [0.05, 0.1) is 0 Å². The van der Waals surface area contributed by atoms with Crippen molar-refractivity contribution in [1.82, 2.24) is 10.2 Å². The smallest absolute Gasteiger partial charge is 0.0332 e. The number of thiophene rings is 1. The molecular formula is C14H24N2S. The van der Waals surface area contributed by atoms with Crippen molar-refractivity contribution >= 4 is 11.3 Å². The molecule has 0 radical (unpaired) electrons. The monoisotopic (exact) mass is 252 g/mol. The molecule has 3 heteroatoms. The molecule has 2 atom stereocenters. The number of rotatable bonds is 3. The lowest BCUT2D eigenvalue weighted by atomic mass is 9.99. The Morgan fingerprint density at radius 3 is 2.82 bits per heavy atom. The van der Waals surface area contributed by atoms with Crippen molar-refractivity contribution in [2.24, 2.45) is 5.92 Å². The van der Waals surface area contributed by atoms with Crippen LogP contribution in [0.1, 0.15) is 30.5 Å². The summed E-state index contributed by atoms with van der Waals surface area (Å²) in [5.41, 5.74) is 0. The van der Waals surface area contributed by atoms with Crippen molar-refractivity contribution in [1.29, 1.82) is 0 Å². The van der Waals surface area contributed by atoms with Crippen molar-refractivity contribution in [3.63, 3.8) is 0 Å². The largest absolute Gasteiger partial charge is 0.311 e. The van der Waals surface area contributed by atoms with Crippen LogP contribution >= 0.6 is 11.3 Å². The van der Waals surface area contributed by atoms with Crippen molar-refractivity contribution in [2.75, 3.05) is 13.1 Å². The van der Waals surface area contributed by atoms with E-state index in [2.05, 4.69) is 50.0 Å². The van der Waals surface area contributed by atoms with Gasteiger partial charge in [-0.1, -0.05) is 13.8 Å². The Labute approximate surface area is 109 Å². The second-order valence-corrected chi connectivity index (χ2v) is 6.93. The van der Waals surface area contributed by atoms with Gasteiger partial charge in [-0.2, -0.15) is 0 Å². The summed E-state index contributed by atoms with van der Waals surface area (Å²) in [6, 6.07) is 5.81. The third-order valence-electron chi connectivity index (χ3n) is 3.58. The normalized spacial score (nSPS) is 26.6. The van der Waals surface area contributed by atoms with E-state index in [1.165, 1.54) is 16.3 Å². The number of hydrogen-bond donors (Lipinski definition) is 1. The van der Waals surface area contributed by atoms with Gasteiger partial charge in [0.1, 0.15) is 0 Å². The van der Waals surface area contributed by atoms with Crippen LogP contribution < -0.4 is 5.32 Å². The van der Waals surface area contributed by atoms with E-state index in [0.29, 0.717) is 12.1 Å². The molecule has 1 saturated heterocycles. The van der Waals surface area contributed by atoms with E-state index in [9.17, 15) is 0 Å². The van der Waals surface area contributed by atoms with E-state index in [1.807, 2.05) is 11.3 Å². The maximum atomic E-state index is 3.60. The van der Waals surface area contributed by atoms with E-state index in [-0.39, 0.29) is 0 Å². The quantitative estimate of drug-likeness (QED) is 0.890. The van der Waals surface area contributed by atoms with E-state index in [1.54, 1.807) is 0 Å². The Morgan fingerprint density at radius 1 is 1.47 bits per heavy atom. The van der Waals surface area contributed by atoms with Gasteiger partial charge in [0.2, 0.25) is 0 Å². The first-order chi connectivity index (χ1) is 8.06. The van der Waals surface area contributed by atoms with Gasteiger partial charge < -0.3 is 5.32 Å². The fourth-order valence-electron chi connectivity index (χ4n) is 2.61. The van der Waals surface area contributed by atoms with Crippen molar-refractivity contribution in [3.8, 4) is 0 Å². The van der Waals surface area contributed by atoms with Gasteiger partial charge in [-0.25, -0.2) is 0 Å². The van der Waals surface area contributed by atoms with Gasteiger partial charge >= 0.3 is 0 Å². The summed E-state index contributed by atoms with van der Waals surface area (Å²) in [4.78, 5) is 5.57. The summed E-state index contributed by atoms with van der Waals surface area (Å²) in [5, 5.41) is 3.60. The molecule has 0 amide bonds. The highest BCUT2D eigenvalue weighted by molar-refractivity contribution is 7.11. The minimum absolute atomic E-state index is 0.617. The van der Waals surface area contributed by atoms with E-state index >= 15 is 0 Å². The van der Waals surface area contributed by atoms with Gasteiger partial charge in [-0.05, 0) is 31.9 Å². The molecule has 2 heterocycles. The van der Waals surface area contributed by atoms with E-state index < -0.39 is 0 Å². The lowest BCUT2D eigenvalue weighted by Gasteiger charge is -2.41. The van der Waals surface area contributed by atoms with Crippen molar-refractivity contribution < 1.29 is 0 Å². The highest BCUT2D eigenvalue weighted by Gasteiger charge is 2.28. The van der Waals surface area contributed by atoms with Crippen LogP contribution in [0.5, 0.6) is 0 Å². The molecule has 1 aliphatic heterocycles. The number of hydrogen-bond acceptors (Lipinski definition) is 3. The van der Waals surface area contributed by atoms with Crippen LogP contribution in [0.2, 0.25) is 0 Å². The first-order valence-electron chi connectivity index (χ1n) is 6.59. The summed E-state index contributed by atoms with van der Waals surface area (Å²) < 4.78 is 0. The minimum atomic E-state index is 0.617. The molecule has 2 nitrogen and oxygen atoms in total. The first-order valence-corrected chi connectivity index (χ1v) is 7.40. The number of nitrogens with zero attached hydrogens (tertiary/aromatic N) is 1. The highest BCUT2D eigenvalue weighted by atomic mass is 32.1. The predicted octanol–water partition coefficient (Wildman–Crippen LogP) is 2.87. The maximum absolute atomic E-state index is 3.60.